The van der Waals surface area contributed by atoms with Crippen LogP contribution in [0.4, 0.5) is 0 Å². The summed E-state index contributed by atoms with van der Waals surface area (Å²) in [4.78, 5) is 2.69. The molecule has 2 aliphatic rings. The molecule has 1 aromatic rings. The highest BCUT2D eigenvalue weighted by Gasteiger charge is 2.20. The fourth-order valence-electron chi connectivity index (χ4n) is 3.37. The van der Waals surface area contributed by atoms with Crippen LogP contribution in [0.2, 0.25) is 0 Å². The zero-order valence-electron chi connectivity index (χ0n) is 12.1. The standard InChI is InChI=1S/C17H24BrNO/c18-13-16-4-2-1-3-9-19(16)10-7-14-5-6-17-15(12-14)8-11-20-17/h5-6,12,16H,1-4,7-11,13H2. The van der Waals surface area contributed by atoms with Gasteiger partial charge in [0.05, 0.1) is 6.61 Å². The van der Waals surface area contributed by atoms with Gasteiger partial charge >= 0.3 is 0 Å². The highest BCUT2D eigenvalue weighted by atomic mass is 79.9. The van der Waals surface area contributed by atoms with Crippen LogP contribution in [-0.2, 0) is 12.8 Å². The molecule has 1 aromatic carbocycles. The Bertz CT molecular complexity index is 449. The minimum atomic E-state index is 0.732. The topological polar surface area (TPSA) is 12.5 Å². The summed E-state index contributed by atoms with van der Waals surface area (Å²) in [6.45, 7) is 3.32. The van der Waals surface area contributed by atoms with Crippen LogP contribution in [0, 0.1) is 0 Å². The molecular formula is C17H24BrNO. The second-order valence-electron chi connectivity index (χ2n) is 5.98. The molecular weight excluding hydrogens is 314 g/mol. The van der Waals surface area contributed by atoms with Crippen molar-refractivity contribution in [2.45, 2.75) is 44.6 Å². The van der Waals surface area contributed by atoms with Crippen molar-refractivity contribution in [1.82, 2.24) is 4.90 Å². The average molecular weight is 338 g/mol. The Morgan fingerprint density at radius 3 is 3.10 bits per heavy atom. The summed E-state index contributed by atoms with van der Waals surface area (Å²) >= 11 is 3.69. The van der Waals surface area contributed by atoms with E-state index in [0.29, 0.717) is 0 Å². The van der Waals surface area contributed by atoms with Crippen molar-refractivity contribution in [2.75, 3.05) is 25.0 Å². The number of ether oxygens (including phenoxy) is 1. The summed E-state index contributed by atoms with van der Waals surface area (Å²) in [5, 5.41) is 1.12. The van der Waals surface area contributed by atoms with Crippen LogP contribution in [0.15, 0.2) is 18.2 Å². The van der Waals surface area contributed by atoms with Gasteiger partial charge in [-0.3, -0.25) is 4.90 Å². The van der Waals surface area contributed by atoms with Crippen LogP contribution in [0.5, 0.6) is 5.75 Å². The molecule has 0 aromatic heterocycles. The van der Waals surface area contributed by atoms with Gasteiger partial charge in [0.1, 0.15) is 5.75 Å². The second-order valence-corrected chi connectivity index (χ2v) is 6.63. The van der Waals surface area contributed by atoms with Crippen LogP contribution in [-0.4, -0.2) is 36.0 Å². The lowest BCUT2D eigenvalue weighted by Crippen LogP contribution is -2.37. The Morgan fingerprint density at radius 2 is 2.20 bits per heavy atom. The molecule has 2 heterocycles. The molecule has 0 radical (unpaired) electrons. The van der Waals surface area contributed by atoms with Crippen LogP contribution in [0.1, 0.15) is 36.8 Å². The minimum Gasteiger partial charge on any atom is -0.493 e. The van der Waals surface area contributed by atoms with E-state index in [9.17, 15) is 0 Å². The lowest BCUT2D eigenvalue weighted by molar-refractivity contribution is 0.221. The van der Waals surface area contributed by atoms with E-state index in [2.05, 4.69) is 39.0 Å². The van der Waals surface area contributed by atoms with Gasteiger partial charge in [-0.05, 0) is 43.0 Å². The van der Waals surface area contributed by atoms with Crippen LogP contribution < -0.4 is 4.74 Å². The molecule has 1 atom stereocenters. The third-order valence-electron chi connectivity index (χ3n) is 4.62. The SMILES string of the molecule is BrCC1CCCCCN1CCc1ccc2c(c1)CCO2. The Labute approximate surface area is 130 Å². The number of fused-ring (bicyclic) bond motifs is 1. The Kier molecular flexibility index (Phi) is 5.00. The molecule has 0 amide bonds. The van der Waals surface area contributed by atoms with Crippen molar-refractivity contribution >= 4 is 15.9 Å². The lowest BCUT2D eigenvalue weighted by Gasteiger charge is -2.28. The summed E-state index contributed by atoms with van der Waals surface area (Å²) in [7, 11) is 0. The van der Waals surface area contributed by atoms with Crippen LogP contribution >= 0.6 is 15.9 Å². The van der Waals surface area contributed by atoms with E-state index in [1.165, 1.54) is 49.9 Å². The number of rotatable bonds is 4. The summed E-state index contributed by atoms with van der Waals surface area (Å²) < 4.78 is 5.58. The number of hydrogen-bond donors (Lipinski definition) is 0. The molecule has 0 bridgehead atoms. The zero-order valence-corrected chi connectivity index (χ0v) is 13.7. The number of likely N-dealkylation sites (tertiary alicyclic amines) is 1. The van der Waals surface area contributed by atoms with Gasteiger partial charge < -0.3 is 4.74 Å². The maximum absolute atomic E-state index is 5.58. The monoisotopic (exact) mass is 337 g/mol. The maximum Gasteiger partial charge on any atom is 0.122 e. The normalized spacial score (nSPS) is 23.1. The molecule has 110 valence electrons. The number of alkyl halides is 1. The molecule has 0 saturated carbocycles. The van der Waals surface area contributed by atoms with E-state index in [-0.39, 0.29) is 0 Å². The summed E-state index contributed by atoms with van der Waals surface area (Å²) in [6.07, 6.45) is 7.75. The quantitative estimate of drug-likeness (QED) is 0.774. The van der Waals surface area contributed by atoms with E-state index in [1.54, 1.807) is 0 Å². The smallest absolute Gasteiger partial charge is 0.122 e. The molecule has 1 fully saturated rings. The van der Waals surface area contributed by atoms with Crippen molar-refractivity contribution < 1.29 is 4.74 Å². The molecule has 0 aliphatic carbocycles. The number of nitrogens with zero attached hydrogens (tertiary/aromatic N) is 1. The first kappa shape index (κ1) is 14.4. The van der Waals surface area contributed by atoms with Gasteiger partial charge in [0.15, 0.2) is 0 Å². The van der Waals surface area contributed by atoms with Crippen molar-refractivity contribution in [1.29, 1.82) is 0 Å². The summed E-state index contributed by atoms with van der Waals surface area (Å²) in [5.74, 6) is 1.10. The molecule has 1 saturated heterocycles. The molecule has 3 rings (SSSR count). The van der Waals surface area contributed by atoms with Gasteiger partial charge in [0, 0.05) is 24.3 Å². The largest absolute Gasteiger partial charge is 0.493 e. The molecule has 0 N–H and O–H groups in total. The maximum atomic E-state index is 5.58. The molecule has 20 heavy (non-hydrogen) atoms. The molecule has 3 heteroatoms. The number of halogens is 1. The number of hydrogen-bond acceptors (Lipinski definition) is 2. The van der Waals surface area contributed by atoms with Gasteiger partial charge in [0.25, 0.3) is 0 Å². The van der Waals surface area contributed by atoms with Gasteiger partial charge in [-0.2, -0.15) is 0 Å². The first-order valence-corrected chi connectivity index (χ1v) is 9.03. The van der Waals surface area contributed by atoms with Gasteiger partial charge in [-0.25, -0.2) is 0 Å². The molecule has 2 nitrogen and oxygen atoms in total. The predicted molar refractivity (Wildman–Crippen MR) is 87.0 cm³/mol. The predicted octanol–water partition coefficient (Wildman–Crippen LogP) is 3.80. The first-order chi connectivity index (χ1) is 9.86. The van der Waals surface area contributed by atoms with Gasteiger partial charge in [0.2, 0.25) is 0 Å². The van der Waals surface area contributed by atoms with Crippen molar-refractivity contribution in [2.24, 2.45) is 0 Å². The van der Waals surface area contributed by atoms with E-state index >= 15 is 0 Å². The van der Waals surface area contributed by atoms with E-state index in [1.807, 2.05) is 0 Å². The van der Waals surface area contributed by atoms with E-state index in [0.717, 1.165) is 36.6 Å². The Hall–Kier alpha value is -0.540. The Balaban J connectivity index is 1.60. The van der Waals surface area contributed by atoms with Crippen molar-refractivity contribution in [3.05, 3.63) is 29.3 Å². The molecule has 0 spiro atoms. The minimum absolute atomic E-state index is 0.732. The van der Waals surface area contributed by atoms with Crippen LogP contribution in [0.3, 0.4) is 0 Å². The van der Waals surface area contributed by atoms with Crippen molar-refractivity contribution in [3.8, 4) is 5.75 Å². The fraction of sp³-hybridized carbons (Fsp3) is 0.647. The average Bonchev–Trinajstić information content (AvgIpc) is 2.82. The number of benzene rings is 1. The summed E-state index contributed by atoms with van der Waals surface area (Å²) in [6, 6.07) is 7.48. The van der Waals surface area contributed by atoms with Gasteiger partial charge in [-0.15, -0.1) is 0 Å². The summed E-state index contributed by atoms with van der Waals surface area (Å²) in [5.41, 5.74) is 2.86. The zero-order chi connectivity index (χ0) is 13.8. The van der Waals surface area contributed by atoms with Gasteiger partial charge in [-0.1, -0.05) is 40.9 Å². The van der Waals surface area contributed by atoms with Crippen molar-refractivity contribution in [3.63, 3.8) is 0 Å². The Morgan fingerprint density at radius 1 is 1.25 bits per heavy atom. The van der Waals surface area contributed by atoms with Crippen LogP contribution in [0.25, 0.3) is 0 Å². The van der Waals surface area contributed by atoms with E-state index < -0.39 is 0 Å². The molecule has 2 aliphatic heterocycles. The lowest BCUT2D eigenvalue weighted by atomic mass is 10.1. The fourth-order valence-corrected chi connectivity index (χ4v) is 4.11. The second kappa shape index (κ2) is 6.95. The highest BCUT2D eigenvalue weighted by molar-refractivity contribution is 9.09. The first-order valence-electron chi connectivity index (χ1n) is 7.91. The van der Waals surface area contributed by atoms with E-state index in [4.69, 9.17) is 4.74 Å². The third-order valence-corrected chi connectivity index (χ3v) is 5.37. The highest BCUT2D eigenvalue weighted by Crippen LogP contribution is 2.26. The third kappa shape index (κ3) is 3.37. The molecule has 1 unspecified atom stereocenters.